The summed E-state index contributed by atoms with van der Waals surface area (Å²) in [7, 11) is 0. The highest BCUT2D eigenvalue weighted by atomic mass is 19.1. The van der Waals surface area contributed by atoms with Gasteiger partial charge >= 0.3 is 0 Å². The monoisotopic (exact) mass is 420 g/mol. The molecule has 1 N–H and O–H groups in total. The van der Waals surface area contributed by atoms with E-state index in [-0.39, 0.29) is 23.4 Å². The molecule has 0 saturated heterocycles. The molecule has 31 heavy (non-hydrogen) atoms. The molecule has 1 aliphatic heterocycles. The van der Waals surface area contributed by atoms with Gasteiger partial charge in [-0.3, -0.25) is 19.7 Å². The molecule has 0 saturated carbocycles. The van der Waals surface area contributed by atoms with E-state index in [4.69, 9.17) is 0 Å². The minimum absolute atomic E-state index is 0.0148. The Morgan fingerprint density at radius 3 is 2.55 bits per heavy atom. The number of nitro benzene ring substituents is 1. The maximum absolute atomic E-state index is 13.6. The van der Waals surface area contributed by atoms with Crippen LogP contribution in [-0.4, -0.2) is 21.7 Å². The van der Waals surface area contributed by atoms with Crippen LogP contribution in [0, 0.1) is 15.9 Å². The number of hydrogen-bond acceptors (Lipinski definition) is 5. The third-order valence-corrected chi connectivity index (χ3v) is 5.26. The van der Waals surface area contributed by atoms with Crippen molar-refractivity contribution >= 4 is 23.1 Å². The quantitative estimate of drug-likeness (QED) is 0.372. The predicted molar refractivity (Wildman–Crippen MR) is 110 cm³/mol. The summed E-state index contributed by atoms with van der Waals surface area (Å²) in [6.45, 7) is 0.0148. The number of para-hydroxylation sites is 1. The molecule has 0 radical (unpaired) electrons. The average molecular weight is 420 g/mol. The topological polar surface area (TPSA) is 101 Å². The van der Waals surface area contributed by atoms with Crippen LogP contribution < -0.4 is 4.90 Å². The lowest BCUT2D eigenvalue weighted by Crippen LogP contribution is -2.41. The summed E-state index contributed by atoms with van der Waals surface area (Å²) in [4.78, 5) is 37.8. The lowest BCUT2D eigenvalue weighted by molar-refractivity contribution is -0.384. The van der Waals surface area contributed by atoms with Crippen LogP contribution in [0.1, 0.15) is 27.9 Å². The van der Waals surface area contributed by atoms with E-state index in [0.717, 1.165) is 6.07 Å². The van der Waals surface area contributed by atoms with Gasteiger partial charge in [0, 0.05) is 23.3 Å². The molecule has 3 aromatic rings. The molecule has 8 heteroatoms. The van der Waals surface area contributed by atoms with E-state index in [1.165, 1.54) is 41.3 Å². The summed E-state index contributed by atoms with van der Waals surface area (Å²) in [6.07, 6.45) is -0.580. The van der Waals surface area contributed by atoms with Crippen molar-refractivity contribution in [3.63, 3.8) is 0 Å². The van der Waals surface area contributed by atoms with Crippen LogP contribution in [0.5, 0.6) is 0 Å². The molecule has 1 aliphatic rings. The van der Waals surface area contributed by atoms with Gasteiger partial charge in [0.1, 0.15) is 5.82 Å². The summed E-state index contributed by atoms with van der Waals surface area (Å²) in [6, 6.07) is 17.4. The number of carbonyl (C=O) groups is 2. The Labute approximate surface area is 176 Å². The fraction of sp³-hybridized carbons (Fsp3) is 0.130. The maximum atomic E-state index is 13.6. The Kier molecular flexibility index (Phi) is 5.08. The second kappa shape index (κ2) is 7.73. The van der Waals surface area contributed by atoms with Crippen LogP contribution in [0.3, 0.4) is 0 Å². The van der Waals surface area contributed by atoms with E-state index in [2.05, 4.69) is 0 Å². The Hall–Kier alpha value is -3.91. The molecule has 0 fully saturated rings. The van der Waals surface area contributed by atoms with Gasteiger partial charge in [-0.2, -0.15) is 0 Å². The van der Waals surface area contributed by atoms with E-state index in [0.29, 0.717) is 11.3 Å². The number of amides is 1. The van der Waals surface area contributed by atoms with E-state index < -0.39 is 34.5 Å². The van der Waals surface area contributed by atoms with E-state index in [1.54, 1.807) is 30.3 Å². The molecule has 156 valence electrons. The minimum atomic E-state index is -2.13. The standard InChI is InChI=1S/C23H17FN2O5/c24-17-7-3-5-15(11-17)14-25-20-10-2-1-9-19(20)23(29,22(25)28)13-21(27)16-6-4-8-18(12-16)26(30)31/h1-12,29H,13-14H2/t23-/m1/s1. The van der Waals surface area contributed by atoms with Crippen molar-refractivity contribution in [3.05, 3.63) is 105 Å². The second-order valence-corrected chi connectivity index (χ2v) is 7.31. The van der Waals surface area contributed by atoms with Crippen molar-refractivity contribution in [2.75, 3.05) is 4.90 Å². The van der Waals surface area contributed by atoms with Crippen molar-refractivity contribution in [3.8, 4) is 0 Å². The first-order valence-corrected chi connectivity index (χ1v) is 9.45. The van der Waals surface area contributed by atoms with Gasteiger partial charge in [-0.1, -0.05) is 42.5 Å². The van der Waals surface area contributed by atoms with E-state index >= 15 is 0 Å². The number of benzene rings is 3. The van der Waals surface area contributed by atoms with Crippen LogP contribution in [0.2, 0.25) is 0 Å². The largest absolute Gasteiger partial charge is 0.375 e. The lowest BCUT2D eigenvalue weighted by Gasteiger charge is -2.23. The Bertz CT molecular complexity index is 1210. The molecular weight excluding hydrogens is 403 g/mol. The van der Waals surface area contributed by atoms with Crippen LogP contribution in [0.4, 0.5) is 15.8 Å². The Morgan fingerprint density at radius 2 is 1.81 bits per heavy atom. The lowest BCUT2D eigenvalue weighted by atomic mass is 9.88. The minimum Gasteiger partial charge on any atom is -0.375 e. The van der Waals surface area contributed by atoms with Gasteiger partial charge in [-0.15, -0.1) is 0 Å². The number of anilines is 1. The Balaban J connectivity index is 1.67. The van der Waals surface area contributed by atoms with Crippen molar-refractivity contribution in [2.24, 2.45) is 0 Å². The SMILES string of the molecule is O=C(C[C@]1(O)C(=O)N(Cc2cccc(F)c2)c2ccccc21)c1cccc([N+](=O)[O-])c1. The van der Waals surface area contributed by atoms with Gasteiger partial charge in [-0.05, 0) is 23.8 Å². The number of aliphatic hydroxyl groups is 1. The number of rotatable bonds is 6. The van der Waals surface area contributed by atoms with Gasteiger partial charge in [0.15, 0.2) is 11.4 Å². The second-order valence-electron chi connectivity index (χ2n) is 7.31. The van der Waals surface area contributed by atoms with Crippen molar-refractivity contribution < 1.29 is 24.0 Å². The fourth-order valence-corrected chi connectivity index (χ4v) is 3.78. The summed E-state index contributed by atoms with van der Waals surface area (Å²) >= 11 is 0. The smallest absolute Gasteiger partial charge is 0.270 e. The van der Waals surface area contributed by atoms with E-state index in [1.807, 2.05) is 0 Å². The molecule has 0 aliphatic carbocycles. The molecular formula is C23H17FN2O5. The number of Topliss-reactive ketones (excluding diaryl/α,β-unsaturated/α-hetero) is 1. The summed E-state index contributed by atoms with van der Waals surface area (Å²) in [5, 5.41) is 22.3. The molecule has 0 bridgehead atoms. The molecule has 3 aromatic carbocycles. The molecule has 0 unspecified atom stereocenters. The zero-order valence-electron chi connectivity index (χ0n) is 16.2. The van der Waals surface area contributed by atoms with Gasteiger partial charge in [0.2, 0.25) is 0 Å². The van der Waals surface area contributed by atoms with Crippen molar-refractivity contribution in [1.82, 2.24) is 0 Å². The first-order valence-electron chi connectivity index (χ1n) is 9.45. The third-order valence-electron chi connectivity index (χ3n) is 5.26. The number of hydrogen-bond donors (Lipinski definition) is 1. The van der Waals surface area contributed by atoms with E-state index in [9.17, 15) is 29.2 Å². The highest BCUT2D eigenvalue weighted by molar-refractivity contribution is 6.10. The summed E-state index contributed by atoms with van der Waals surface area (Å²) in [5.41, 5.74) is -1.16. The zero-order valence-corrected chi connectivity index (χ0v) is 16.2. The first kappa shape index (κ1) is 20.4. The normalized spacial score (nSPS) is 17.5. The van der Waals surface area contributed by atoms with Crippen LogP contribution in [0.25, 0.3) is 0 Å². The molecule has 1 heterocycles. The number of halogens is 1. The molecule has 0 spiro atoms. The maximum Gasteiger partial charge on any atom is 0.270 e. The van der Waals surface area contributed by atoms with Crippen LogP contribution >= 0.6 is 0 Å². The molecule has 1 atom stereocenters. The fourth-order valence-electron chi connectivity index (χ4n) is 3.78. The zero-order chi connectivity index (χ0) is 22.2. The van der Waals surface area contributed by atoms with Crippen LogP contribution in [-0.2, 0) is 16.9 Å². The van der Waals surface area contributed by atoms with Gasteiger partial charge in [0.25, 0.3) is 11.6 Å². The molecule has 7 nitrogen and oxygen atoms in total. The molecule has 4 rings (SSSR count). The average Bonchev–Trinajstić information content (AvgIpc) is 2.96. The van der Waals surface area contributed by atoms with Gasteiger partial charge in [0.05, 0.1) is 23.6 Å². The summed E-state index contributed by atoms with van der Waals surface area (Å²) < 4.78 is 13.6. The van der Waals surface area contributed by atoms with Crippen molar-refractivity contribution in [1.29, 1.82) is 0 Å². The van der Waals surface area contributed by atoms with Gasteiger partial charge < -0.3 is 10.0 Å². The number of carbonyl (C=O) groups excluding carboxylic acids is 2. The first-order chi connectivity index (χ1) is 14.8. The number of ketones is 1. The van der Waals surface area contributed by atoms with Crippen LogP contribution in [0.15, 0.2) is 72.8 Å². The van der Waals surface area contributed by atoms with Gasteiger partial charge in [-0.25, -0.2) is 4.39 Å². The Morgan fingerprint density at radius 1 is 1.06 bits per heavy atom. The number of fused-ring (bicyclic) bond motifs is 1. The summed E-state index contributed by atoms with van der Waals surface area (Å²) in [5.74, 6) is -1.77. The number of nitrogens with zero attached hydrogens (tertiary/aromatic N) is 2. The number of non-ortho nitro benzene ring substituents is 1. The predicted octanol–water partition coefficient (Wildman–Crippen LogP) is 3.74. The third kappa shape index (κ3) is 3.69. The highest BCUT2D eigenvalue weighted by Gasteiger charge is 2.50. The van der Waals surface area contributed by atoms with Crippen molar-refractivity contribution in [2.45, 2.75) is 18.6 Å². The molecule has 0 aromatic heterocycles. The highest BCUT2D eigenvalue weighted by Crippen LogP contribution is 2.43. The molecule has 1 amide bonds. The number of nitro groups is 1.